The van der Waals surface area contributed by atoms with Crippen molar-refractivity contribution < 1.29 is 17.7 Å². The monoisotopic (exact) mass is 563 g/mol. The van der Waals surface area contributed by atoms with Crippen molar-refractivity contribution in [3.63, 3.8) is 0 Å². The van der Waals surface area contributed by atoms with Crippen molar-refractivity contribution in [1.82, 2.24) is 5.16 Å². The third kappa shape index (κ3) is 6.39. The van der Waals surface area contributed by atoms with Crippen LogP contribution in [-0.2, 0) is 10.0 Å². The average molecular weight is 565 g/mol. The quantitative estimate of drug-likeness (QED) is 0.209. The van der Waals surface area contributed by atoms with Gasteiger partial charge in [0.25, 0.3) is 10.0 Å². The number of aryl methyl sites for hydroxylation is 1. The van der Waals surface area contributed by atoms with Gasteiger partial charge in [-0.3, -0.25) is 9.52 Å². The normalized spacial score (nSPS) is 12.2. The first kappa shape index (κ1) is 26.0. The number of benzene rings is 3. The van der Waals surface area contributed by atoms with Crippen molar-refractivity contribution in [2.45, 2.75) is 24.3 Å². The Bertz CT molecular complexity index is 1490. The zero-order chi connectivity index (χ0) is 25.9. The van der Waals surface area contributed by atoms with E-state index < -0.39 is 16.1 Å². The summed E-state index contributed by atoms with van der Waals surface area (Å²) in [6.07, 6.45) is 0.104. The number of ketones is 1. The molecule has 0 aliphatic heterocycles. The Balaban J connectivity index is 1.56. The summed E-state index contributed by atoms with van der Waals surface area (Å²) in [6, 6.07) is 18.9. The molecule has 0 bridgehead atoms. The first-order chi connectivity index (χ1) is 17.1. The van der Waals surface area contributed by atoms with E-state index in [9.17, 15) is 13.2 Å². The fraction of sp³-hybridized carbons (Fsp3) is 0.120. The molecule has 11 heteroatoms. The lowest BCUT2D eigenvalue weighted by Crippen LogP contribution is -2.16. The van der Waals surface area contributed by atoms with Crippen molar-refractivity contribution in [3.05, 3.63) is 105 Å². The molecule has 36 heavy (non-hydrogen) atoms. The van der Waals surface area contributed by atoms with Crippen LogP contribution in [0.1, 0.15) is 34.1 Å². The van der Waals surface area contributed by atoms with Gasteiger partial charge in [-0.15, -0.1) is 0 Å². The number of carbonyl (C=O) groups is 1. The second-order valence-corrected chi connectivity index (χ2v) is 10.9. The summed E-state index contributed by atoms with van der Waals surface area (Å²) < 4.78 is 32.6. The maximum atomic E-state index is 13.0. The molecule has 0 spiro atoms. The highest BCUT2D eigenvalue weighted by molar-refractivity contribution is 7.92. The molecule has 2 N–H and O–H groups in total. The van der Waals surface area contributed by atoms with Gasteiger partial charge in [-0.1, -0.05) is 46.0 Å². The van der Waals surface area contributed by atoms with Gasteiger partial charge < -0.3 is 9.84 Å². The van der Waals surface area contributed by atoms with E-state index in [-0.39, 0.29) is 22.9 Å². The van der Waals surface area contributed by atoms with Gasteiger partial charge in [0, 0.05) is 28.8 Å². The zero-order valence-corrected chi connectivity index (χ0v) is 21.9. The van der Waals surface area contributed by atoms with E-state index in [4.69, 9.17) is 39.3 Å². The van der Waals surface area contributed by atoms with Crippen LogP contribution in [0.4, 0.5) is 11.5 Å². The highest BCUT2D eigenvalue weighted by atomic mass is 35.5. The first-order valence-corrected chi connectivity index (χ1v) is 13.3. The molecule has 4 aromatic rings. The molecule has 1 unspecified atom stereocenters. The van der Waals surface area contributed by atoms with Crippen molar-refractivity contribution in [1.29, 1.82) is 0 Å². The molecule has 1 atom stereocenters. The van der Waals surface area contributed by atoms with Gasteiger partial charge in [-0.25, -0.2) is 8.42 Å². The third-order valence-corrected chi connectivity index (χ3v) is 7.64. The summed E-state index contributed by atoms with van der Waals surface area (Å²) in [5.74, 6) is 0.463. The molecule has 0 amide bonds. The van der Waals surface area contributed by atoms with Crippen molar-refractivity contribution in [2.75, 3.05) is 10.0 Å². The minimum atomic E-state index is -3.86. The molecule has 0 fully saturated rings. The van der Waals surface area contributed by atoms with Gasteiger partial charge in [-0.2, -0.15) is 0 Å². The Hall–Kier alpha value is -3.04. The van der Waals surface area contributed by atoms with Crippen LogP contribution >= 0.6 is 34.8 Å². The Morgan fingerprint density at radius 2 is 1.64 bits per heavy atom. The van der Waals surface area contributed by atoms with Crippen LogP contribution in [0.15, 0.2) is 82.2 Å². The number of anilines is 2. The number of Topliss-reactive ketones (excluding diaryl/α,β-unsaturated/α-hetero) is 1. The maximum Gasteiger partial charge on any atom is 0.263 e. The van der Waals surface area contributed by atoms with Crippen LogP contribution in [0.25, 0.3) is 0 Å². The van der Waals surface area contributed by atoms with Crippen LogP contribution in [0, 0.1) is 6.92 Å². The number of hydrogen-bond acceptors (Lipinski definition) is 6. The van der Waals surface area contributed by atoms with Crippen LogP contribution < -0.4 is 10.0 Å². The summed E-state index contributed by atoms with van der Waals surface area (Å²) in [7, 11) is -3.86. The molecule has 1 aromatic heterocycles. The van der Waals surface area contributed by atoms with Gasteiger partial charge in [0.2, 0.25) is 0 Å². The van der Waals surface area contributed by atoms with Crippen molar-refractivity contribution >= 4 is 62.1 Å². The summed E-state index contributed by atoms with van der Waals surface area (Å²) in [5.41, 5.74) is 1.86. The zero-order valence-electron chi connectivity index (χ0n) is 18.8. The summed E-state index contributed by atoms with van der Waals surface area (Å²) in [5, 5.41) is 8.23. The van der Waals surface area contributed by atoms with Gasteiger partial charge in [0.15, 0.2) is 11.6 Å². The fourth-order valence-electron chi connectivity index (χ4n) is 3.46. The lowest BCUT2D eigenvalue weighted by atomic mass is 9.97. The molecule has 1 heterocycles. The summed E-state index contributed by atoms with van der Waals surface area (Å²) in [4.78, 5) is 13.0. The Labute approximate surface area is 223 Å². The molecule has 186 valence electrons. The third-order valence-electron chi connectivity index (χ3n) is 5.27. The first-order valence-electron chi connectivity index (χ1n) is 10.7. The van der Waals surface area contributed by atoms with E-state index >= 15 is 0 Å². The standard InChI is InChI=1S/C25H20Cl3N3O4S/c1-15-12-25(30-35-15)31-36(33,34)20-9-7-19(8-10-20)29-23(17-4-11-21(27)22(28)13-17)14-24(32)16-2-5-18(26)6-3-16/h2-13,23,29H,14H2,1H3,(H,30,31). The summed E-state index contributed by atoms with van der Waals surface area (Å²) >= 11 is 18.2. The van der Waals surface area contributed by atoms with Gasteiger partial charge in [0.1, 0.15) is 5.76 Å². The van der Waals surface area contributed by atoms with E-state index in [0.29, 0.717) is 32.1 Å². The number of nitrogens with zero attached hydrogens (tertiary/aromatic N) is 1. The molecule has 7 nitrogen and oxygen atoms in total. The molecule has 3 aromatic carbocycles. The van der Waals surface area contributed by atoms with E-state index in [1.54, 1.807) is 61.5 Å². The van der Waals surface area contributed by atoms with Gasteiger partial charge in [-0.05, 0) is 73.2 Å². The van der Waals surface area contributed by atoms with Gasteiger partial charge in [0.05, 0.1) is 21.0 Å². The SMILES string of the molecule is Cc1cc(NS(=O)(=O)c2ccc(NC(CC(=O)c3ccc(Cl)cc3)c3ccc(Cl)c(Cl)c3)cc2)no1. The smallest absolute Gasteiger partial charge is 0.263 e. The van der Waals surface area contributed by atoms with E-state index in [1.165, 1.54) is 18.2 Å². The molecule has 0 saturated carbocycles. The second kappa shape index (κ2) is 10.9. The molecule has 0 aliphatic rings. The molecular formula is C25H20Cl3N3O4S. The minimum Gasteiger partial charge on any atom is -0.378 e. The van der Waals surface area contributed by atoms with Crippen LogP contribution in [-0.4, -0.2) is 19.4 Å². The maximum absolute atomic E-state index is 13.0. The number of sulfonamides is 1. The lowest BCUT2D eigenvalue weighted by molar-refractivity contribution is 0.0976. The van der Waals surface area contributed by atoms with E-state index in [2.05, 4.69) is 15.2 Å². The van der Waals surface area contributed by atoms with Crippen molar-refractivity contribution in [2.24, 2.45) is 0 Å². The minimum absolute atomic E-state index is 0.0389. The van der Waals surface area contributed by atoms with E-state index in [1.807, 2.05) is 0 Å². The molecule has 0 radical (unpaired) electrons. The number of rotatable bonds is 9. The van der Waals surface area contributed by atoms with Crippen LogP contribution in [0.5, 0.6) is 0 Å². The predicted molar refractivity (Wildman–Crippen MR) is 142 cm³/mol. The number of nitrogens with one attached hydrogen (secondary N) is 2. The molecule has 0 saturated heterocycles. The Morgan fingerprint density at radius 3 is 2.25 bits per heavy atom. The van der Waals surface area contributed by atoms with Crippen LogP contribution in [0.2, 0.25) is 15.1 Å². The number of carbonyl (C=O) groups excluding carboxylic acids is 1. The van der Waals surface area contributed by atoms with Crippen molar-refractivity contribution in [3.8, 4) is 0 Å². The molecule has 0 aliphatic carbocycles. The fourth-order valence-corrected chi connectivity index (χ4v) is 4.88. The summed E-state index contributed by atoms with van der Waals surface area (Å²) in [6.45, 7) is 1.66. The average Bonchev–Trinajstić information content (AvgIpc) is 3.24. The Morgan fingerprint density at radius 1 is 0.944 bits per heavy atom. The van der Waals surface area contributed by atoms with E-state index in [0.717, 1.165) is 5.56 Å². The lowest BCUT2D eigenvalue weighted by Gasteiger charge is -2.21. The number of aromatic nitrogens is 1. The second-order valence-electron chi connectivity index (χ2n) is 7.96. The largest absolute Gasteiger partial charge is 0.378 e. The predicted octanol–water partition coefficient (Wildman–Crippen LogP) is 7.17. The topological polar surface area (TPSA) is 101 Å². The molecule has 4 rings (SSSR count). The highest BCUT2D eigenvalue weighted by Gasteiger charge is 2.20. The van der Waals surface area contributed by atoms with Gasteiger partial charge >= 0.3 is 0 Å². The highest BCUT2D eigenvalue weighted by Crippen LogP contribution is 2.31. The Kier molecular flexibility index (Phi) is 7.90. The molecular weight excluding hydrogens is 545 g/mol. The number of hydrogen-bond donors (Lipinski definition) is 2. The van der Waals surface area contributed by atoms with Crippen LogP contribution in [0.3, 0.4) is 0 Å². The number of halogens is 3.